The standard InChI is InChI=1S/C27H36N4O2/c1-29(21-27-28-15-18-31(27)24-8-12-26(33-3)13-9-24)19-23-5-4-16-30(20-23)17-14-22-6-10-25(32-2)11-7-22/h6-13,15,18,23H,4-5,14,16-17,19-21H2,1-3H3/t23-/m1/s1. The van der Waals surface area contributed by atoms with E-state index in [-0.39, 0.29) is 0 Å². The maximum Gasteiger partial charge on any atom is 0.127 e. The first-order chi connectivity index (χ1) is 16.1. The van der Waals surface area contributed by atoms with Gasteiger partial charge >= 0.3 is 0 Å². The third-order valence-electron chi connectivity index (χ3n) is 6.53. The summed E-state index contributed by atoms with van der Waals surface area (Å²) in [5.74, 6) is 3.55. The molecule has 0 aliphatic carbocycles. The normalized spacial score (nSPS) is 16.8. The number of nitrogens with zero attached hydrogens (tertiary/aromatic N) is 4. The number of piperidine rings is 1. The predicted octanol–water partition coefficient (Wildman–Crippen LogP) is 4.28. The third kappa shape index (κ3) is 6.36. The minimum Gasteiger partial charge on any atom is -0.497 e. The van der Waals surface area contributed by atoms with Gasteiger partial charge in [0, 0.05) is 37.7 Å². The van der Waals surface area contributed by atoms with E-state index in [1.54, 1.807) is 14.2 Å². The zero-order chi connectivity index (χ0) is 23.0. The van der Waals surface area contributed by atoms with Crippen molar-refractivity contribution in [2.75, 3.05) is 47.4 Å². The van der Waals surface area contributed by atoms with Gasteiger partial charge in [0.25, 0.3) is 0 Å². The van der Waals surface area contributed by atoms with Crippen molar-refractivity contribution in [3.8, 4) is 17.2 Å². The van der Waals surface area contributed by atoms with Crippen molar-refractivity contribution in [2.24, 2.45) is 5.92 Å². The molecule has 33 heavy (non-hydrogen) atoms. The minimum absolute atomic E-state index is 0.698. The maximum atomic E-state index is 5.28. The van der Waals surface area contributed by atoms with E-state index in [1.807, 2.05) is 24.5 Å². The predicted molar refractivity (Wildman–Crippen MR) is 132 cm³/mol. The van der Waals surface area contributed by atoms with Crippen molar-refractivity contribution in [3.63, 3.8) is 0 Å². The van der Waals surface area contributed by atoms with E-state index >= 15 is 0 Å². The SMILES string of the molecule is COc1ccc(CCN2CCC[C@H](CN(C)Cc3nccn3-c3ccc(OC)cc3)C2)cc1. The van der Waals surface area contributed by atoms with Gasteiger partial charge in [0.2, 0.25) is 0 Å². The fraction of sp³-hybridized carbons (Fsp3) is 0.444. The fourth-order valence-corrected chi connectivity index (χ4v) is 4.76. The highest BCUT2D eigenvalue weighted by molar-refractivity contribution is 5.38. The van der Waals surface area contributed by atoms with Crippen molar-refractivity contribution in [2.45, 2.75) is 25.8 Å². The molecule has 6 nitrogen and oxygen atoms in total. The Bertz CT molecular complexity index is 984. The highest BCUT2D eigenvalue weighted by atomic mass is 16.5. The van der Waals surface area contributed by atoms with Crippen LogP contribution in [0.2, 0.25) is 0 Å². The van der Waals surface area contributed by atoms with Gasteiger partial charge in [0.15, 0.2) is 0 Å². The highest BCUT2D eigenvalue weighted by Crippen LogP contribution is 2.20. The van der Waals surface area contributed by atoms with E-state index in [2.05, 4.69) is 62.8 Å². The molecule has 0 spiro atoms. The van der Waals surface area contributed by atoms with Crippen LogP contribution in [0.3, 0.4) is 0 Å². The van der Waals surface area contributed by atoms with Crippen LogP contribution in [0, 0.1) is 5.92 Å². The third-order valence-corrected chi connectivity index (χ3v) is 6.53. The van der Waals surface area contributed by atoms with Crippen molar-refractivity contribution in [3.05, 3.63) is 72.3 Å². The minimum atomic E-state index is 0.698. The monoisotopic (exact) mass is 448 g/mol. The van der Waals surface area contributed by atoms with Crippen LogP contribution in [0.1, 0.15) is 24.2 Å². The number of hydrogen-bond donors (Lipinski definition) is 0. The molecular weight excluding hydrogens is 412 g/mol. The lowest BCUT2D eigenvalue weighted by Gasteiger charge is -2.34. The number of methoxy groups -OCH3 is 2. The van der Waals surface area contributed by atoms with Gasteiger partial charge in [-0.2, -0.15) is 0 Å². The topological polar surface area (TPSA) is 42.8 Å². The molecule has 0 N–H and O–H groups in total. The summed E-state index contributed by atoms with van der Waals surface area (Å²) in [4.78, 5) is 9.68. The molecule has 4 rings (SSSR count). The van der Waals surface area contributed by atoms with Crippen LogP contribution in [0.25, 0.3) is 5.69 Å². The first-order valence-corrected chi connectivity index (χ1v) is 11.8. The molecule has 176 valence electrons. The zero-order valence-electron chi connectivity index (χ0n) is 20.1. The Morgan fingerprint density at radius 2 is 1.70 bits per heavy atom. The second-order valence-corrected chi connectivity index (χ2v) is 9.02. The molecule has 0 saturated carbocycles. The van der Waals surface area contributed by atoms with E-state index in [1.165, 1.54) is 31.5 Å². The first kappa shape index (κ1) is 23.3. The van der Waals surface area contributed by atoms with Crippen molar-refractivity contribution in [1.29, 1.82) is 0 Å². The van der Waals surface area contributed by atoms with Crippen LogP contribution in [-0.2, 0) is 13.0 Å². The molecule has 1 saturated heterocycles. The quantitative estimate of drug-likeness (QED) is 0.463. The van der Waals surface area contributed by atoms with E-state index in [0.717, 1.165) is 49.1 Å². The summed E-state index contributed by atoms with van der Waals surface area (Å²) in [5.41, 5.74) is 2.49. The number of ether oxygens (including phenoxy) is 2. The number of rotatable bonds is 10. The first-order valence-electron chi connectivity index (χ1n) is 11.8. The Balaban J connectivity index is 1.28. The molecule has 0 unspecified atom stereocenters. The van der Waals surface area contributed by atoms with E-state index < -0.39 is 0 Å². The van der Waals surface area contributed by atoms with Gasteiger partial charge in [-0.1, -0.05) is 12.1 Å². The molecular formula is C27H36N4O2. The summed E-state index contributed by atoms with van der Waals surface area (Å²) in [7, 11) is 5.62. The Labute approximate surface area is 197 Å². The summed E-state index contributed by atoms with van der Waals surface area (Å²) in [6.45, 7) is 5.43. The molecule has 2 heterocycles. The molecule has 0 amide bonds. The molecule has 1 fully saturated rings. The zero-order valence-corrected chi connectivity index (χ0v) is 20.1. The molecule has 1 aliphatic rings. The highest BCUT2D eigenvalue weighted by Gasteiger charge is 2.21. The molecule has 1 aliphatic heterocycles. The van der Waals surface area contributed by atoms with Crippen LogP contribution >= 0.6 is 0 Å². The van der Waals surface area contributed by atoms with E-state index in [9.17, 15) is 0 Å². The number of aromatic nitrogens is 2. The van der Waals surface area contributed by atoms with Gasteiger partial charge in [-0.05, 0) is 80.7 Å². The number of imidazole rings is 1. The molecule has 1 aromatic heterocycles. The number of benzene rings is 2. The molecule has 0 radical (unpaired) electrons. The Kier molecular flexibility index (Phi) is 8.02. The molecule has 6 heteroatoms. The lowest BCUT2D eigenvalue weighted by molar-refractivity contribution is 0.141. The van der Waals surface area contributed by atoms with Crippen LogP contribution in [-0.4, -0.2) is 66.8 Å². The van der Waals surface area contributed by atoms with E-state index in [4.69, 9.17) is 9.47 Å². The van der Waals surface area contributed by atoms with Gasteiger partial charge in [0.1, 0.15) is 17.3 Å². The molecule has 1 atom stereocenters. The van der Waals surface area contributed by atoms with Crippen molar-refractivity contribution >= 4 is 0 Å². The second-order valence-electron chi connectivity index (χ2n) is 9.02. The second kappa shape index (κ2) is 11.3. The smallest absolute Gasteiger partial charge is 0.127 e. The number of hydrogen-bond acceptors (Lipinski definition) is 5. The summed E-state index contributed by atoms with van der Waals surface area (Å²) < 4.78 is 12.7. The summed E-state index contributed by atoms with van der Waals surface area (Å²) in [5, 5.41) is 0. The largest absolute Gasteiger partial charge is 0.497 e. The van der Waals surface area contributed by atoms with Gasteiger partial charge in [-0.15, -0.1) is 0 Å². The van der Waals surface area contributed by atoms with Crippen LogP contribution in [0.4, 0.5) is 0 Å². The molecule has 0 bridgehead atoms. The van der Waals surface area contributed by atoms with Crippen LogP contribution in [0.15, 0.2) is 60.9 Å². The van der Waals surface area contributed by atoms with Gasteiger partial charge in [0.05, 0.1) is 20.8 Å². The summed E-state index contributed by atoms with van der Waals surface area (Å²) in [6, 6.07) is 16.6. The fourth-order valence-electron chi connectivity index (χ4n) is 4.76. The van der Waals surface area contributed by atoms with Gasteiger partial charge in [-0.25, -0.2) is 4.98 Å². The average molecular weight is 449 g/mol. The Hall–Kier alpha value is -2.83. The number of likely N-dealkylation sites (tertiary alicyclic amines) is 1. The van der Waals surface area contributed by atoms with E-state index in [0.29, 0.717) is 5.92 Å². The average Bonchev–Trinajstić information content (AvgIpc) is 3.31. The molecule has 3 aromatic rings. The van der Waals surface area contributed by atoms with Crippen LogP contribution < -0.4 is 9.47 Å². The summed E-state index contributed by atoms with van der Waals surface area (Å²) in [6.07, 6.45) is 7.59. The maximum absolute atomic E-state index is 5.28. The van der Waals surface area contributed by atoms with Crippen molar-refractivity contribution in [1.82, 2.24) is 19.4 Å². The lowest BCUT2D eigenvalue weighted by Crippen LogP contribution is -2.41. The Morgan fingerprint density at radius 3 is 2.39 bits per heavy atom. The lowest BCUT2D eigenvalue weighted by atomic mass is 9.97. The van der Waals surface area contributed by atoms with Crippen molar-refractivity contribution < 1.29 is 9.47 Å². The molecule has 2 aromatic carbocycles. The Morgan fingerprint density at radius 1 is 1.00 bits per heavy atom. The van der Waals surface area contributed by atoms with Crippen LogP contribution in [0.5, 0.6) is 11.5 Å². The van der Waals surface area contributed by atoms with Gasteiger partial charge in [-0.3, -0.25) is 4.90 Å². The summed E-state index contributed by atoms with van der Waals surface area (Å²) >= 11 is 0. The van der Waals surface area contributed by atoms with Gasteiger partial charge < -0.3 is 18.9 Å².